The van der Waals surface area contributed by atoms with Gasteiger partial charge in [0.25, 0.3) is 0 Å². The SMILES string of the molecule is CSC(=S)NN=C(C)c1ccc(OCc2ccc(F)cc2F)cc1. The molecular formula is C17H16F2N2OS2. The van der Waals surface area contributed by atoms with Crippen LogP contribution in [0.4, 0.5) is 8.78 Å². The van der Waals surface area contributed by atoms with E-state index >= 15 is 0 Å². The minimum absolute atomic E-state index is 0.0298. The van der Waals surface area contributed by atoms with Crippen molar-refractivity contribution in [1.82, 2.24) is 5.43 Å². The van der Waals surface area contributed by atoms with Gasteiger partial charge in [-0.1, -0.05) is 24.0 Å². The van der Waals surface area contributed by atoms with E-state index in [2.05, 4.69) is 10.5 Å². The lowest BCUT2D eigenvalue weighted by molar-refractivity contribution is 0.299. The van der Waals surface area contributed by atoms with Crippen LogP contribution in [0.2, 0.25) is 0 Å². The molecule has 3 nitrogen and oxygen atoms in total. The van der Waals surface area contributed by atoms with Crippen LogP contribution < -0.4 is 10.2 Å². The van der Waals surface area contributed by atoms with Gasteiger partial charge < -0.3 is 4.74 Å². The number of halogens is 2. The van der Waals surface area contributed by atoms with Crippen molar-refractivity contribution in [2.24, 2.45) is 5.10 Å². The molecule has 0 fully saturated rings. The molecule has 0 atom stereocenters. The maximum absolute atomic E-state index is 13.5. The van der Waals surface area contributed by atoms with Gasteiger partial charge in [-0.05, 0) is 55.1 Å². The summed E-state index contributed by atoms with van der Waals surface area (Å²) in [6.45, 7) is 1.89. The van der Waals surface area contributed by atoms with Gasteiger partial charge in [0.15, 0.2) is 4.32 Å². The topological polar surface area (TPSA) is 33.6 Å². The number of hydrogen-bond acceptors (Lipinski definition) is 4. The average Bonchev–Trinajstić information content (AvgIpc) is 2.59. The molecule has 0 radical (unpaired) electrons. The summed E-state index contributed by atoms with van der Waals surface area (Å²) in [5.41, 5.74) is 4.77. The number of nitrogens with one attached hydrogen (secondary N) is 1. The van der Waals surface area contributed by atoms with Crippen molar-refractivity contribution in [3.05, 3.63) is 65.2 Å². The Morgan fingerprint density at radius 1 is 1.21 bits per heavy atom. The van der Waals surface area contributed by atoms with Crippen molar-refractivity contribution in [2.75, 3.05) is 6.26 Å². The van der Waals surface area contributed by atoms with Crippen LogP contribution in [-0.2, 0) is 6.61 Å². The van der Waals surface area contributed by atoms with Gasteiger partial charge in [0.2, 0.25) is 0 Å². The van der Waals surface area contributed by atoms with Crippen LogP contribution in [0.15, 0.2) is 47.6 Å². The molecule has 0 aromatic heterocycles. The summed E-state index contributed by atoms with van der Waals surface area (Å²) >= 11 is 6.42. The molecule has 2 aromatic rings. The van der Waals surface area contributed by atoms with E-state index < -0.39 is 11.6 Å². The number of thioether (sulfide) groups is 1. The molecule has 7 heteroatoms. The van der Waals surface area contributed by atoms with Gasteiger partial charge in [0, 0.05) is 11.6 Å². The molecule has 0 spiro atoms. The Morgan fingerprint density at radius 3 is 2.54 bits per heavy atom. The number of nitrogens with zero attached hydrogens (tertiary/aromatic N) is 1. The highest BCUT2D eigenvalue weighted by molar-refractivity contribution is 8.22. The third-order valence-electron chi connectivity index (χ3n) is 3.18. The Bertz CT molecular complexity index is 749. The van der Waals surface area contributed by atoms with E-state index in [4.69, 9.17) is 17.0 Å². The highest BCUT2D eigenvalue weighted by Gasteiger charge is 2.05. The summed E-state index contributed by atoms with van der Waals surface area (Å²) in [5, 5.41) is 4.19. The smallest absolute Gasteiger partial charge is 0.153 e. The number of thiocarbonyl (C=S) groups is 1. The second kappa shape index (κ2) is 8.75. The van der Waals surface area contributed by atoms with Crippen LogP contribution in [0.5, 0.6) is 5.75 Å². The van der Waals surface area contributed by atoms with Crippen LogP contribution in [0.3, 0.4) is 0 Å². The van der Waals surface area contributed by atoms with Crippen molar-refractivity contribution >= 4 is 34.0 Å². The van der Waals surface area contributed by atoms with E-state index in [1.54, 1.807) is 12.1 Å². The fraction of sp³-hybridized carbons (Fsp3) is 0.176. The predicted octanol–water partition coefficient (Wildman–Crippen LogP) is 4.51. The van der Waals surface area contributed by atoms with Gasteiger partial charge in [0.05, 0.1) is 5.71 Å². The van der Waals surface area contributed by atoms with Crippen LogP contribution in [0.25, 0.3) is 0 Å². The van der Waals surface area contributed by atoms with E-state index in [0.29, 0.717) is 15.6 Å². The molecule has 0 aliphatic rings. The van der Waals surface area contributed by atoms with Gasteiger partial charge in [-0.2, -0.15) is 5.10 Å². The van der Waals surface area contributed by atoms with Gasteiger partial charge >= 0.3 is 0 Å². The lowest BCUT2D eigenvalue weighted by Crippen LogP contribution is -2.13. The van der Waals surface area contributed by atoms with Crippen molar-refractivity contribution in [2.45, 2.75) is 13.5 Å². The molecule has 0 bridgehead atoms. The van der Waals surface area contributed by atoms with Gasteiger partial charge in [-0.3, -0.25) is 5.43 Å². The minimum atomic E-state index is -0.620. The third kappa shape index (κ3) is 5.28. The quantitative estimate of drug-likeness (QED) is 0.480. The average molecular weight is 366 g/mol. The van der Waals surface area contributed by atoms with Crippen molar-refractivity contribution in [3.63, 3.8) is 0 Å². The molecule has 24 heavy (non-hydrogen) atoms. The Hall–Kier alpha value is -1.99. The highest BCUT2D eigenvalue weighted by atomic mass is 32.2. The lowest BCUT2D eigenvalue weighted by atomic mass is 10.1. The number of hydrazone groups is 1. The zero-order valence-electron chi connectivity index (χ0n) is 13.2. The summed E-state index contributed by atoms with van der Waals surface area (Å²) in [6, 6.07) is 10.6. The van der Waals surface area contributed by atoms with E-state index in [0.717, 1.165) is 17.3 Å². The summed E-state index contributed by atoms with van der Waals surface area (Å²) < 4.78 is 32.5. The largest absolute Gasteiger partial charge is 0.489 e. The fourth-order valence-electron chi connectivity index (χ4n) is 1.83. The Labute approximate surface area is 149 Å². The van der Waals surface area contributed by atoms with E-state index in [1.165, 1.54) is 23.9 Å². The molecule has 126 valence electrons. The Morgan fingerprint density at radius 2 is 1.92 bits per heavy atom. The molecule has 1 N–H and O–H groups in total. The summed E-state index contributed by atoms with van der Waals surface area (Å²) in [7, 11) is 0. The monoisotopic (exact) mass is 366 g/mol. The van der Waals surface area contributed by atoms with Crippen molar-refractivity contribution in [1.29, 1.82) is 0 Å². The summed E-state index contributed by atoms with van der Waals surface area (Å²) in [4.78, 5) is 0. The predicted molar refractivity (Wildman–Crippen MR) is 98.6 cm³/mol. The molecule has 0 saturated carbocycles. The van der Waals surface area contributed by atoms with Gasteiger partial charge in [-0.15, -0.1) is 0 Å². The zero-order chi connectivity index (χ0) is 17.5. The van der Waals surface area contributed by atoms with Crippen molar-refractivity contribution in [3.8, 4) is 5.75 Å². The molecule has 0 saturated heterocycles. The molecule has 2 rings (SSSR count). The standard InChI is InChI=1S/C17H16F2N2OS2/c1-11(20-21-17(23)24-2)12-4-7-15(8-5-12)22-10-13-3-6-14(18)9-16(13)19/h3-9H,10H2,1-2H3,(H,21,23). The Kier molecular flexibility index (Phi) is 6.69. The first-order valence-electron chi connectivity index (χ1n) is 7.05. The first kappa shape index (κ1) is 18.4. The third-order valence-corrected chi connectivity index (χ3v) is 4.24. The maximum Gasteiger partial charge on any atom is 0.153 e. The summed E-state index contributed by atoms with van der Waals surface area (Å²) in [6.07, 6.45) is 1.87. The highest BCUT2D eigenvalue weighted by Crippen LogP contribution is 2.16. The molecule has 0 aliphatic heterocycles. The minimum Gasteiger partial charge on any atom is -0.489 e. The molecule has 0 amide bonds. The number of ether oxygens (including phenoxy) is 1. The van der Waals surface area contributed by atoms with Gasteiger partial charge in [-0.25, -0.2) is 8.78 Å². The second-order valence-electron chi connectivity index (χ2n) is 4.85. The normalized spacial score (nSPS) is 11.2. The van der Waals surface area contributed by atoms with Crippen molar-refractivity contribution < 1.29 is 13.5 Å². The second-order valence-corrected chi connectivity index (χ2v) is 6.33. The first-order valence-corrected chi connectivity index (χ1v) is 8.68. The molecular weight excluding hydrogens is 350 g/mol. The Balaban J connectivity index is 1.98. The van der Waals surface area contributed by atoms with E-state index in [-0.39, 0.29) is 6.61 Å². The molecule has 0 heterocycles. The zero-order valence-corrected chi connectivity index (χ0v) is 14.8. The maximum atomic E-state index is 13.5. The number of rotatable bonds is 5. The van der Waals surface area contributed by atoms with Crippen LogP contribution >= 0.6 is 24.0 Å². The summed E-state index contributed by atoms with van der Waals surface area (Å²) in [5.74, 6) is -0.641. The van der Waals surface area contributed by atoms with Crippen LogP contribution in [0.1, 0.15) is 18.1 Å². The fourth-order valence-corrected chi connectivity index (χ4v) is 2.01. The van der Waals surface area contributed by atoms with Crippen LogP contribution in [-0.4, -0.2) is 16.3 Å². The van der Waals surface area contributed by atoms with Gasteiger partial charge in [0.1, 0.15) is 24.0 Å². The molecule has 0 unspecified atom stereocenters. The van der Waals surface area contributed by atoms with Crippen LogP contribution in [0, 0.1) is 11.6 Å². The number of hydrogen-bond donors (Lipinski definition) is 1. The van der Waals surface area contributed by atoms with E-state index in [1.807, 2.05) is 25.3 Å². The van der Waals surface area contributed by atoms with E-state index in [9.17, 15) is 8.78 Å². The lowest BCUT2D eigenvalue weighted by Gasteiger charge is -2.08. The molecule has 2 aromatic carbocycles. The first-order chi connectivity index (χ1) is 11.5. The molecule has 0 aliphatic carbocycles. The number of benzene rings is 2.